The van der Waals surface area contributed by atoms with Gasteiger partial charge in [-0.05, 0) is 61.7 Å². The Morgan fingerprint density at radius 2 is 1.70 bits per heavy atom. The van der Waals surface area contributed by atoms with Crippen LogP contribution in [0, 0.1) is 12.7 Å². The molecule has 4 rings (SSSR count). The van der Waals surface area contributed by atoms with Crippen LogP contribution in [0.4, 0.5) is 4.39 Å². The summed E-state index contributed by atoms with van der Waals surface area (Å²) >= 11 is 6.49. The number of rotatable bonds is 7. The number of amides is 1. The molecule has 0 aliphatic carbocycles. The minimum atomic E-state index is -0.294. The van der Waals surface area contributed by atoms with E-state index in [1.807, 2.05) is 12.1 Å². The van der Waals surface area contributed by atoms with Crippen LogP contribution in [-0.2, 0) is 19.6 Å². The van der Waals surface area contributed by atoms with Gasteiger partial charge in [-0.3, -0.25) is 9.69 Å². The highest BCUT2D eigenvalue weighted by Gasteiger charge is 2.20. The average Bonchev–Trinajstić information content (AvgIpc) is 2.96. The molecule has 0 unspecified atom stereocenters. The number of halogens is 2. The number of aryl methyl sites for hydroxylation is 1. The van der Waals surface area contributed by atoms with Gasteiger partial charge in [0.25, 0.3) is 5.91 Å². The fourth-order valence-corrected chi connectivity index (χ4v) is 4.66. The monoisotopic (exact) mass is 468 g/mol. The van der Waals surface area contributed by atoms with Crippen LogP contribution < -0.4 is 5.32 Å². The van der Waals surface area contributed by atoms with E-state index in [1.54, 1.807) is 23.7 Å². The maximum Gasteiger partial charge on any atom is 0.256 e. The number of benzene rings is 2. The zero-order valence-corrected chi connectivity index (χ0v) is 19.7. The van der Waals surface area contributed by atoms with Gasteiger partial charge in [-0.25, -0.2) is 9.07 Å². The average molecular weight is 469 g/mol. The maximum absolute atomic E-state index is 13.2. The molecule has 2 heterocycles. The number of carbonyl (C=O) groups is 1. The molecule has 2 aromatic carbocycles. The molecule has 5 nitrogen and oxygen atoms in total. The molecule has 0 radical (unpaired) electrons. The van der Waals surface area contributed by atoms with Gasteiger partial charge in [-0.1, -0.05) is 60.8 Å². The highest BCUT2D eigenvalue weighted by Crippen LogP contribution is 2.21. The predicted octanol–water partition coefficient (Wildman–Crippen LogP) is 5.34. The van der Waals surface area contributed by atoms with Crippen molar-refractivity contribution in [3.63, 3.8) is 0 Å². The first kappa shape index (κ1) is 23.5. The molecule has 1 N–H and O–H groups in total. The fraction of sp³-hybridized carbons (Fsp3) is 0.385. The highest BCUT2D eigenvalue weighted by molar-refractivity contribution is 6.33. The minimum Gasteiger partial charge on any atom is -0.348 e. The van der Waals surface area contributed by atoms with Crippen LogP contribution in [-0.4, -0.2) is 33.7 Å². The van der Waals surface area contributed by atoms with Crippen molar-refractivity contribution in [2.24, 2.45) is 0 Å². The fourth-order valence-electron chi connectivity index (χ4n) is 4.34. The summed E-state index contributed by atoms with van der Waals surface area (Å²) in [7, 11) is 0. The molecule has 0 atom stereocenters. The normalized spacial score (nSPS) is 14.8. The molecule has 3 aromatic rings. The molecule has 1 aliphatic rings. The van der Waals surface area contributed by atoms with Crippen LogP contribution in [0.25, 0.3) is 0 Å². The summed E-state index contributed by atoms with van der Waals surface area (Å²) in [4.78, 5) is 15.4. The van der Waals surface area contributed by atoms with Gasteiger partial charge in [0.1, 0.15) is 11.0 Å². The molecular weight excluding hydrogens is 439 g/mol. The Morgan fingerprint density at radius 1 is 1.00 bits per heavy atom. The molecule has 33 heavy (non-hydrogen) atoms. The molecular formula is C26H30ClFN4O. The van der Waals surface area contributed by atoms with E-state index in [-0.39, 0.29) is 16.9 Å². The number of nitrogens with zero attached hydrogens (tertiary/aromatic N) is 3. The van der Waals surface area contributed by atoms with Crippen LogP contribution in [0.3, 0.4) is 0 Å². The van der Waals surface area contributed by atoms with Crippen molar-refractivity contribution in [1.29, 1.82) is 0 Å². The van der Waals surface area contributed by atoms with E-state index in [1.165, 1.54) is 43.4 Å². The molecule has 174 valence electrons. The summed E-state index contributed by atoms with van der Waals surface area (Å²) in [6.07, 6.45) is 5.19. The third kappa shape index (κ3) is 6.21. The van der Waals surface area contributed by atoms with E-state index in [0.717, 1.165) is 30.8 Å². The van der Waals surface area contributed by atoms with E-state index in [0.29, 0.717) is 24.3 Å². The summed E-state index contributed by atoms with van der Waals surface area (Å²) in [5.41, 5.74) is 4.12. The summed E-state index contributed by atoms with van der Waals surface area (Å²) in [5, 5.41) is 7.68. The van der Waals surface area contributed by atoms with Crippen LogP contribution in [0.2, 0.25) is 5.15 Å². The number of aromatic nitrogens is 2. The van der Waals surface area contributed by atoms with Crippen molar-refractivity contribution < 1.29 is 9.18 Å². The smallest absolute Gasteiger partial charge is 0.256 e. The lowest BCUT2D eigenvalue weighted by Crippen LogP contribution is -2.25. The summed E-state index contributed by atoms with van der Waals surface area (Å²) < 4.78 is 14.7. The Hall–Kier alpha value is -2.70. The SMILES string of the molecule is Cc1nn(Cc2ccc(F)cc2)c(Cl)c1C(=O)NCc1cccc(CN2CCCCCC2)c1. The van der Waals surface area contributed by atoms with E-state index >= 15 is 0 Å². The van der Waals surface area contributed by atoms with Crippen molar-refractivity contribution in [3.8, 4) is 0 Å². The molecule has 1 amide bonds. The van der Waals surface area contributed by atoms with Crippen LogP contribution in [0.15, 0.2) is 48.5 Å². The van der Waals surface area contributed by atoms with Gasteiger partial charge in [-0.15, -0.1) is 0 Å². The third-order valence-electron chi connectivity index (χ3n) is 6.09. The van der Waals surface area contributed by atoms with Crippen LogP contribution in [0.1, 0.15) is 58.4 Å². The lowest BCUT2D eigenvalue weighted by atomic mass is 10.1. The van der Waals surface area contributed by atoms with Gasteiger partial charge in [0, 0.05) is 13.1 Å². The topological polar surface area (TPSA) is 50.2 Å². The van der Waals surface area contributed by atoms with Crippen molar-refractivity contribution in [3.05, 3.63) is 87.4 Å². The second-order valence-corrected chi connectivity index (χ2v) is 9.09. The van der Waals surface area contributed by atoms with E-state index in [4.69, 9.17) is 11.6 Å². The van der Waals surface area contributed by atoms with Gasteiger partial charge in [0.2, 0.25) is 0 Å². The zero-order valence-electron chi connectivity index (χ0n) is 19.0. The Labute approximate surface area is 199 Å². The summed E-state index contributed by atoms with van der Waals surface area (Å²) in [6.45, 7) is 5.81. The molecule has 7 heteroatoms. The van der Waals surface area contributed by atoms with Crippen LogP contribution in [0.5, 0.6) is 0 Å². The highest BCUT2D eigenvalue weighted by atomic mass is 35.5. The first-order chi connectivity index (χ1) is 16.0. The first-order valence-corrected chi connectivity index (χ1v) is 11.9. The molecule has 0 bridgehead atoms. The summed E-state index contributed by atoms with van der Waals surface area (Å²) in [6, 6.07) is 14.5. The third-order valence-corrected chi connectivity index (χ3v) is 6.47. The largest absolute Gasteiger partial charge is 0.348 e. The second kappa shape index (κ2) is 10.9. The quantitative estimate of drug-likeness (QED) is 0.509. The number of hydrogen-bond donors (Lipinski definition) is 1. The lowest BCUT2D eigenvalue weighted by Gasteiger charge is -2.20. The van der Waals surface area contributed by atoms with Crippen molar-refractivity contribution in [1.82, 2.24) is 20.0 Å². The number of likely N-dealkylation sites (tertiary alicyclic amines) is 1. The molecule has 0 saturated carbocycles. The van der Waals surface area contributed by atoms with Crippen LogP contribution >= 0.6 is 11.6 Å². The van der Waals surface area contributed by atoms with Gasteiger partial charge in [-0.2, -0.15) is 5.10 Å². The Bertz CT molecular complexity index is 1090. The van der Waals surface area contributed by atoms with E-state index < -0.39 is 0 Å². The standard InChI is InChI=1S/C26H30ClFN4O/c1-19-24(25(27)32(30-19)18-20-9-11-23(28)12-10-20)26(33)29-16-21-7-6-8-22(15-21)17-31-13-4-2-3-5-14-31/h6-12,15H,2-5,13-14,16-18H2,1H3,(H,29,33). The second-order valence-electron chi connectivity index (χ2n) is 8.73. The van der Waals surface area contributed by atoms with Crippen molar-refractivity contribution in [2.45, 2.75) is 52.2 Å². The minimum absolute atomic E-state index is 0.249. The number of nitrogens with one attached hydrogen (secondary N) is 1. The lowest BCUT2D eigenvalue weighted by molar-refractivity contribution is 0.0950. The number of carbonyl (C=O) groups excluding carboxylic acids is 1. The van der Waals surface area contributed by atoms with Crippen molar-refractivity contribution >= 4 is 17.5 Å². The Morgan fingerprint density at radius 3 is 2.42 bits per heavy atom. The molecule has 1 saturated heterocycles. The molecule has 0 spiro atoms. The van der Waals surface area contributed by atoms with Gasteiger partial charge in [0.05, 0.1) is 17.8 Å². The maximum atomic E-state index is 13.2. The van der Waals surface area contributed by atoms with Crippen molar-refractivity contribution in [2.75, 3.05) is 13.1 Å². The predicted molar refractivity (Wildman–Crippen MR) is 129 cm³/mol. The van der Waals surface area contributed by atoms with Gasteiger partial charge >= 0.3 is 0 Å². The first-order valence-electron chi connectivity index (χ1n) is 11.6. The van der Waals surface area contributed by atoms with Gasteiger partial charge < -0.3 is 5.32 Å². The molecule has 1 aromatic heterocycles. The Balaban J connectivity index is 1.38. The zero-order chi connectivity index (χ0) is 23.2. The number of hydrogen-bond acceptors (Lipinski definition) is 3. The van der Waals surface area contributed by atoms with E-state index in [9.17, 15) is 9.18 Å². The summed E-state index contributed by atoms with van der Waals surface area (Å²) in [5.74, 6) is -0.544. The van der Waals surface area contributed by atoms with E-state index in [2.05, 4.69) is 27.4 Å². The molecule has 1 fully saturated rings. The Kier molecular flexibility index (Phi) is 7.78. The van der Waals surface area contributed by atoms with Gasteiger partial charge in [0.15, 0.2) is 0 Å². The molecule has 1 aliphatic heterocycles.